The molecule has 0 aliphatic carbocycles. The van der Waals surface area contributed by atoms with Crippen molar-refractivity contribution in [3.05, 3.63) is 64.5 Å². The predicted octanol–water partition coefficient (Wildman–Crippen LogP) is 4.43. The summed E-state index contributed by atoms with van der Waals surface area (Å²) in [6.07, 6.45) is 1.75. The standard InChI is InChI=1S/C22H21N3O2S/c1-15-7-9-17(10-8-15)23-20(26)13-21-24-19(14-28-21)16-4-2-5-18(12-16)25-11-3-6-22(25)27/h2,4-5,7-10,12,14H,3,6,11,13H2,1H3,(H,23,26). The fourth-order valence-corrected chi connectivity index (χ4v) is 4.06. The van der Waals surface area contributed by atoms with Crippen molar-refractivity contribution < 1.29 is 9.59 Å². The van der Waals surface area contributed by atoms with Crippen LogP contribution in [0.25, 0.3) is 11.3 Å². The minimum Gasteiger partial charge on any atom is -0.326 e. The van der Waals surface area contributed by atoms with Gasteiger partial charge in [-0.15, -0.1) is 11.3 Å². The molecule has 1 N–H and O–H groups in total. The third-order valence-corrected chi connectivity index (χ3v) is 5.57. The molecule has 2 amide bonds. The lowest BCUT2D eigenvalue weighted by molar-refractivity contribution is -0.117. The fraction of sp³-hybridized carbons (Fsp3) is 0.227. The lowest BCUT2D eigenvalue weighted by Gasteiger charge is -2.16. The predicted molar refractivity (Wildman–Crippen MR) is 113 cm³/mol. The van der Waals surface area contributed by atoms with Crippen LogP contribution in [0.4, 0.5) is 11.4 Å². The molecule has 1 aliphatic rings. The molecule has 28 heavy (non-hydrogen) atoms. The van der Waals surface area contributed by atoms with Gasteiger partial charge in [-0.1, -0.05) is 29.8 Å². The molecule has 0 bridgehead atoms. The maximum atomic E-state index is 12.3. The summed E-state index contributed by atoms with van der Waals surface area (Å²) in [7, 11) is 0. The van der Waals surface area contributed by atoms with Crippen LogP contribution in [-0.2, 0) is 16.0 Å². The van der Waals surface area contributed by atoms with Gasteiger partial charge < -0.3 is 10.2 Å². The average molecular weight is 391 g/mol. The first kappa shape index (κ1) is 18.4. The SMILES string of the molecule is Cc1ccc(NC(=O)Cc2nc(-c3cccc(N4CCCC4=O)c3)cs2)cc1. The van der Waals surface area contributed by atoms with Crippen LogP contribution in [0.15, 0.2) is 53.9 Å². The van der Waals surface area contributed by atoms with E-state index in [4.69, 9.17) is 0 Å². The Kier molecular flexibility index (Phi) is 5.21. The molecule has 1 aliphatic heterocycles. The number of aryl methyl sites for hydroxylation is 1. The molecule has 1 aromatic heterocycles. The van der Waals surface area contributed by atoms with Crippen LogP contribution in [-0.4, -0.2) is 23.3 Å². The molecule has 2 heterocycles. The minimum atomic E-state index is -0.0823. The largest absolute Gasteiger partial charge is 0.326 e. The van der Waals surface area contributed by atoms with Gasteiger partial charge in [-0.25, -0.2) is 4.98 Å². The molecule has 6 heteroatoms. The van der Waals surface area contributed by atoms with Gasteiger partial charge in [0.15, 0.2) is 0 Å². The Balaban J connectivity index is 1.45. The number of hydrogen-bond acceptors (Lipinski definition) is 4. The molecule has 0 atom stereocenters. The number of benzene rings is 2. The molecule has 3 aromatic rings. The second kappa shape index (κ2) is 7.94. The summed E-state index contributed by atoms with van der Waals surface area (Å²) < 4.78 is 0. The maximum absolute atomic E-state index is 12.3. The van der Waals surface area contributed by atoms with E-state index in [1.165, 1.54) is 11.3 Å². The number of aromatic nitrogens is 1. The Bertz CT molecular complexity index is 1010. The highest BCUT2D eigenvalue weighted by molar-refractivity contribution is 7.10. The summed E-state index contributed by atoms with van der Waals surface area (Å²) >= 11 is 1.47. The van der Waals surface area contributed by atoms with Gasteiger partial charge in [-0.3, -0.25) is 9.59 Å². The van der Waals surface area contributed by atoms with Gasteiger partial charge >= 0.3 is 0 Å². The second-order valence-corrected chi connectivity index (χ2v) is 7.86. The van der Waals surface area contributed by atoms with E-state index < -0.39 is 0 Å². The number of rotatable bonds is 5. The summed E-state index contributed by atoms with van der Waals surface area (Å²) in [6, 6.07) is 15.6. The minimum absolute atomic E-state index is 0.0823. The van der Waals surface area contributed by atoms with E-state index in [2.05, 4.69) is 10.3 Å². The first-order valence-corrected chi connectivity index (χ1v) is 10.2. The Morgan fingerprint density at radius 1 is 1.21 bits per heavy atom. The smallest absolute Gasteiger partial charge is 0.231 e. The van der Waals surface area contributed by atoms with E-state index in [-0.39, 0.29) is 18.2 Å². The van der Waals surface area contributed by atoms with Crippen LogP contribution in [0.5, 0.6) is 0 Å². The number of thiazole rings is 1. The summed E-state index contributed by atoms with van der Waals surface area (Å²) in [6.45, 7) is 2.78. The van der Waals surface area contributed by atoms with Gasteiger partial charge in [-0.2, -0.15) is 0 Å². The maximum Gasteiger partial charge on any atom is 0.231 e. The van der Waals surface area contributed by atoms with Crippen molar-refractivity contribution in [1.82, 2.24) is 4.98 Å². The molecule has 0 unspecified atom stereocenters. The fourth-order valence-electron chi connectivity index (χ4n) is 3.26. The number of carbonyl (C=O) groups excluding carboxylic acids is 2. The molecule has 5 nitrogen and oxygen atoms in total. The zero-order valence-corrected chi connectivity index (χ0v) is 16.5. The normalized spacial score (nSPS) is 13.8. The van der Waals surface area contributed by atoms with Gasteiger partial charge in [0.1, 0.15) is 5.01 Å². The van der Waals surface area contributed by atoms with Crippen LogP contribution in [0, 0.1) is 6.92 Å². The Hall–Kier alpha value is -2.99. The van der Waals surface area contributed by atoms with E-state index in [1.807, 2.05) is 65.7 Å². The number of hydrogen-bond donors (Lipinski definition) is 1. The summed E-state index contributed by atoms with van der Waals surface area (Å²) in [5, 5.41) is 5.63. The second-order valence-electron chi connectivity index (χ2n) is 6.92. The van der Waals surface area contributed by atoms with Gasteiger partial charge in [0.05, 0.1) is 12.1 Å². The number of amides is 2. The Labute approximate surface area is 168 Å². The highest BCUT2D eigenvalue weighted by Crippen LogP contribution is 2.28. The van der Waals surface area contributed by atoms with Crippen molar-refractivity contribution in [3.63, 3.8) is 0 Å². The molecule has 0 saturated carbocycles. The summed E-state index contributed by atoms with van der Waals surface area (Å²) in [5.41, 5.74) is 4.64. The molecular weight excluding hydrogens is 370 g/mol. The third kappa shape index (κ3) is 4.12. The highest BCUT2D eigenvalue weighted by Gasteiger charge is 2.22. The Morgan fingerprint density at radius 2 is 2.04 bits per heavy atom. The van der Waals surface area contributed by atoms with E-state index in [0.29, 0.717) is 6.42 Å². The molecule has 1 saturated heterocycles. The number of nitrogens with one attached hydrogen (secondary N) is 1. The number of anilines is 2. The molecule has 4 rings (SSSR count). The first-order chi connectivity index (χ1) is 13.6. The molecule has 1 fully saturated rings. The van der Waals surface area contributed by atoms with E-state index in [9.17, 15) is 9.59 Å². The van der Waals surface area contributed by atoms with Crippen LogP contribution in [0.2, 0.25) is 0 Å². The van der Waals surface area contributed by atoms with Crippen molar-refractivity contribution in [1.29, 1.82) is 0 Å². The van der Waals surface area contributed by atoms with Crippen molar-refractivity contribution in [2.75, 3.05) is 16.8 Å². The Morgan fingerprint density at radius 3 is 2.79 bits per heavy atom. The molecule has 142 valence electrons. The van der Waals surface area contributed by atoms with E-state index in [0.717, 1.165) is 46.2 Å². The monoisotopic (exact) mass is 391 g/mol. The van der Waals surface area contributed by atoms with E-state index in [1.54, 1.807) is 0 Å². The van der Waals surface area contributed by atoms with Crippen molar-refractivity contribution in [3.8, 4) is 11.3 Å². The first-order valence-electron chi connectivity index (χ1n) is 9.30. The number of carbonyl (C=O) groups is 2. The zero-order chi connectivity index (χ0) is 19.5. The molecule has 0 spiro atoms. The lowest BCUT2D eigenvalue weighted by Crippen LogP contribution is -2.23. The van der Waals surface area contributed by atoms with Crippen molar-refractivity contribution in [2.24, 2.45) is 0 Å². The average Bonchev–Trinajstić information content (AvgIpc) is 3.33. The summed E-state index contributed by atoms with van der Waals surface area (Å²) in [4.78, 5) is 30.7. The van der Waals surface area contributed by atoms with Crippen molar-refractivity contribution >= 4 is 34.5 Å². The van der Waals surface area contributed by atoms with Crippen LogP contribution in [0.3, 0.4) is 0 Å². The van der Waals surface area contributed by atoms with Crippen LogP contribution in [0.1, 0.15) is 23.4 Å². The van der Waals surface area contributed by atoms with Gasteiger partial charge in [0, 0.05) is 35.3 Å². The topological polar surface area (TPSA) is 62.3 Å². The summed E-state index contributed by atoms with van der Waals surface area (Å²) in [5.74, 6) is 0.0880. The van der Waals surface area contributed by atoms with Crippen molar-refractivity contribution in [2.45, 2.75) is 26.2 Å². The third-order valence-electron chi connectivity index (χ3n) is 4.73. The zero-order valence-electron chi connectivity index (χ0n) is 15.6. The van der Waals surface area contributed by atoms with Crippen LogP contribution >= 0.6 is 11.3 Å². The lowest BCUT2D eigenvalue weighted by atomic mass is 10.1. The highest BCUT2D eigenvalue weighted by atomic mass is 32.1. The molecular formula is C22H21N3O2S. The van der Waals surface area contributed by atoms with Gasteiger partial charge in [0.2, 0.25) is 11.8 Å². The number of nitrogens with zero attached hydrogens (tertiary/aromatic N) is 2. The van der Waals surface area contributed by atoms with Gasteiger partial charge in [0.25, 0.3) is 0 Å². The quantitative estimate of drug-likeness (QED) is 0.700. The van der Waals surface area contributed by atoms with Gasteiger partial charge in [-0.05, 0) is 37.6 Å². The van der Waals surface area contributed by atoms with E-state index >= 15 is 0 Å². The van der Waals surface area contributed by atoms with Crippen LogP contribution < -0.4 is 10.2 Å². The molecule has 2 aromatic carbocycles. The molecule has 0 radical (unpaired) electrons.